The molecule has 2 atom stereocenters. The van der Waals surface area contributed by atoms with Crippen LogP contribution in [0.5, 0.6) is 0 Å². The van der Waals surface area contributed by atoms with Gasteiger partial charge in [0.15, 0.2) is 6.29 Å². The smallest absolute Gasteiger partial charge is 0.188 e. The Labute approximate surface area is 129 Å². The highest BCUT2D eigenvalue weighted by molar-refractivity contribution is 5.80. The fourth-order valence-corrected chi connectivity index (χ4v) is 2.97. The molecule has 1 aliphatic rings. The molecule has 3 heterocycles. The van der Waals surface area contributed by atoms with Crippen LogP contribution in [0.4, 0.5) is 0 Å². The van der Waals surface area contributed by atoms with E-state index < -0.39 is 0 Å². The van der Waals surface area contributed by atoms with Crippen LogP contribution in [0, 0.1) is 6.92 Å². The minimum absolute atomic E-state index is 0.0148. The van der Waals surface area contributed by atoms with Crippen molar-refractivity contribution in [2.75, 3.05) is 7.11 Å². The summed E-state index contributed by atoms with van der Waals surface area (Å²) in [6, 6.07) is 12.7. The monoisotopic (exact) mass is 294 g/mol. The first-order valence-electron chi connectivity index (χ1n) is 7.45. The van der Waals surface area contributed by atoms with Crippen LogP contribution in [-0.4, -0.2) is 23.4 Å². The number of rotatable bonds is 4. The lowest BCUT2D eigenvalue weighted by Gasteiger charge is -2.01. The van der Waals surface area contributed by atoms with E-state index >= 15 is 0 Å². The number of H-pyrrole nitrogens is 1. The number of nitrogens with zero attached hydrogens (tertiary/aromatic N) is 1. The largest absolute Gasteiger partial charge is 0.356 e. The van der Waals surface area contributed by atoms with E-state index in [1.54, 1.807) is 7.11 Å². The third-order valence-electron chi connectivity index (χ3n) is 4.08. The molecule has 1 N–H and O–H groups in total. The van der Waals surface area contributed by atoms with Crippen molar-refractivity contribution in [3.8, 4) is 0 Å². The van der Waals surface area contributed by atoms with Crippen molar-refractivity contribution < 1.29 is 9.47 Å². The van der Waals surface area contributed by atoms with Crippen molar-refractivity contribution in [3.63, 3.8) is 0 Å². The molecule has 0 bridgehead atoms. The number of benzene rings is 1. The predicted molar refractivity (Wildman–Crippen MR) is 84.7 cm³/mol. The Balaban J connectivity index is 1.67. The van der Waals surface area contributed by atoms with Crippen LogP contribution in [0.15, 0.2) is 42.6 Å². The summed E-state index contributed by atoms with van der Waals surface area (Å²) in [7, 11) is 1.67. The molecular weight excluding hydrogens is 276 g/mol. The molecular formula is C18H18N2O2. The molecule has 2 unspecified atom stereocenters. The van der Waals surface area contributed by atoms with Crippen molar-refractivity contribution in [2.24, 2.45) is 0 Å². The zero-order chi connectivity index (χ0) is 15.1. The highest BCUT2D eigenvalue weighted by Crippen LogP contribution is 2.41. The van der Waals surface area contributed by atoms with Gasteiger partial charge >= 0.3 is 0 Å². The first-order valence-corrected chi connectivity index (χ1v) is 7.45. The number of epoxide rings is 1. The maximum absolute atomic E-state index is 5.53. The molecule has 0 amide bonds. The van der Waals surface area contributed by atoms with Crippen LogP contribution in [0.25, 0.3) is 11.0 Å². The minimum Gasteiger partial charge on any atom is -0.356 e. The van der Waals surface area contributed by atoms with E-state index in [-0.39, 0.29) is 12.4 Å². The fraction of sp³-hybridized carbons (Fsp3) is 0.278. The number of methoxy groups -OCH3 is 1. The van der Waals surface area contributed by atoms with Gasteiger partial charge < -0.3 is 14.5 Å². The van der Waals surface area contributed by atoms with Gasteiger partial charge in [-0.2, -0.15) is 0 Å². The standard InChI is InChI=1S/C18H18N2O2/c1-11-4-3-5-12(8-11)9-13-10-15-16(20-13)14(6-7-19-15)17-18(21-2)22-17/h3-8,10,17-18,20H,9H2,1-2H3. The van der Waals surface area contributed by atoms with Crippen LogP contribution < -0.4 is 0 Å². The first kappa shape index (κ1) is 13.5. The van der Waals surface area contributed by atoms with Gasteiger partial charge in [0.2, 0.25) is 0 Å². The lowest BCUT2D eigenvalue weighted by atomic mass is 10.1. The van der Waals surface area contributed by atoms with Gasteiger partial charge in [-0.1, -0.05) is 29.8 Å². The number of hydrogen-bond acceptors (Lipinski definition) is 3. The maximum Gasteiger partial charge on any atom is 0.188 e. The normalized spacial score (nSPS) is 20.5. The van der Waals surface area contributed by atoms with Crippen LogP contribution in [0.1, 0.15) is 28.5 Å². The van der Waals surface area contributed by atoms with E-state index in [9.17, 15) is 0 Å². The summed E-state index contributed by atoms with van der Waals surface area (Å²) in [6.45, 7) is 2.11. The Morgan fingerprint density at radius 1 is 1.27 bits per heavy atom. The van der Waals surface area contributed by atoms with E-state index in [0.29, 0.717) is 0 Å². The molecule has 1 saturated heterocycles. The molecule has 1 aromatic carbocycles. The number of aromatic nitrogens is 2. The zero-order valence-electron chi connectivity index (χ0n) is 12.7. The molecule has 4 rings (SSSR count). The van der Waals surface area contributed by atoms with Gasteiger partial charge in [0.05, 0.1) is 11.0 Å². The number of nitrogens with one attached hydrogen (secondary N) is 1. The van der Waals surface area contributed by atoms with Crippen molar-refractivity contribution in [1.82, 2.24) is 9.97 Å². The van der Waals surface area contributed by atoms with E-state index in [0.717, 1.165) is 28.7 Å². The highest BCUT2D eigenvalue weighted by Gasteiger charge is 2.41. The highest BCUT2D eigenvalue weighted by atomic mass is 16.8. The van der Waals surface area contributed by atoms with Crippen molar-refractivity contribution in [1.29, 1.82) is 0 Å². The van der Waals surface area contributed by atoms with Gasteiger partial charge in [0.25, 0.3) is 0 Å². The molecule has 112 valence electrons. The molecule has 1 aliphatic heterocycles. The quantitative estimate of drug-likeness (QED) is 0.749. The average Bonchev–Trinajstić information content (AvgIpc) is 3.18. The minimum atomic E-state index is -0.130. The van der Waals surface area contributed by atoms with Crippen molar-refractivity contribution in [2.45, 2.75) is 25.7 Å². The molecule has 22 heavy (non-hydrogen) atoms. The molecule has 0 saturated carbocycles. The van der Waals surface area contributed by atoms with Gasteiger partial charge in [-0.3, -0.25) is 4.98 Å². The molecule has 3 aromatic rings. The summed E-state index contributed by atoms with van der Waals surface area (Å²) in [5.74, 6) is 0. The predicted octanol–water partition coefficient (Wildman–Crippen LogP) is 3.51. The third-order valence-corrected chi connectivity index (χ3v) is 4.08. The van der Waals surface area contributed by atoms with Crippen LogP contribution in [-0.2, 0) is 15.9 Å². The van der Waals surface area contributed by atoms with Crippen molar-refractivity contribution >= 4 is 11.0 Å². The molecule has 0 radical (unpaired) electrons. The summed E-state index contributed by atoms with van der Waals surface area (Å²) in [5, 5.41) is 0. The molecule has 4 heteroatoms. The Hall–Kier alpha value is -2.17. The van der Waals surface area contributed by atoms with E-state index in [4.69, 9.17) is 9.47 Å². The Morgan fingerprint density at radius 3 is 2.95 bits per heavy atom. The second-order valence-corrected chi connectivity index (χ2v) is 5.78. The number of aryl methyl sites for hydroxylation is 1. The summed E-state index contributed by atoms with van der Waals surface area (Å²) in [5.41, 5.74) is 6.88. The molecule has 0 spiro atoms. The third kappa shape index (κ3) is 2.40. The van der Waals surface area contributed by atoms with Crippen LogP contribution >= 0.6 is 0 Å². The Kier molecular flexibility index (Phi) is 3.21. The van der Waals surface area contributed by atoms with Crippen LogP contribution in [0.2, 0.25) is 0 Å². The van der Waals surface area contributed by atoms with Gasteiger partial charge in [-0.15, -0.1) is 0 Å². The second kappa shape index (κ2) is 5.23. The topological polar surface area (TPSA) is 50.4 Å². The van der Waals surface area contributed by atoms with E-state index in [2.05, 4.69) is 47.2 Å². The van der Waals surface area contributed by atoms with Gasteiger partial charge in [0.1, 0.15) is 6.10 Å². The van der Waals surface area contributed by atoms with Crippen molar-refractivity contribution in [3.05, 3.63) is 65.0 Å². The van der Waals surface area contributed by atoms with Gasteiger partial charge in [-0.25, -0.2) is 0 Å². The summed E-state index contributed by atoms with van der Waals surface area (Å²) in [6.07, 6.45) is 2.59. The molecule has 2 aromatic heterocycles. The first-order chi connectivity index (χ1) is 10.7. The van der Waals surface area contributed by atoms with Gasteiger partial charge in [0, 0.05) is 31.0 Å². The molecule has 1 fully saturated rings. The van der Waals surface area contributed by atoms with Gasteiger partial charge in [-0.05, 0) is 24.6 Å². The Bertz CT molecular complexity index is 825. The number of hydrogen-bond donors (Lipinski definition) is 1. The molecule has 0 aliphatic carbocycles. The second-order valence-electron chi connectivity index (χ2n) is 5.78. The van der Waals surface area contributed by atoms with E-state index in [1.807, 2.05) is 12.3 Å². The number of fused-ring (bicyclic) bond motifs is 1. The maximum atomic E-state index is 5.53. The summed E-state index contributed by atoms with van der Waals surface area (Å²) in [4.78, 5) is 7.96. The average molecular weight is 294 g/mol. The number of pyridine rings is 1. The lowest BCUT2D eigenvalue weighted by molar-refractivity contribution is 0.0950. The fourth-order valence-electron chi connectivity index (χ4n) is 2.97. The number of ether oxygens (including phenoxy) is 2. The lowest BCUT2D eigenvalue weighted by Crippen LogP contribution is -1.93. The van der Waals surface area contributed by atoms with Crippen LogP contribution in [0.3, 0.4) is 0 Å². The van der Waals surface area contributed by atoms with E-state index in [1.165, 1.54) is 11.1 Å². The summed E-state index contributed by atoms with van der Waals surface area (Å²) < 4.78 is 10.8. The Morgan fingerprint density at radius 2 is 2.18 bits per heavy atom. The SMILES string of the molecule is COC1OC1c1ccnc2cc(Cc3cccc(C)c3)[nH]c12. The zero-order valence-corrected chi connectivity index (χ0v) is 12.7. The number of aromatic amines is 1. The summed E-state index contributed by atoms with van der Waals surface area (Å²) >= 11 is 0. The molecule has 4 nitrogen and oxygen atoms in total.